The molecule has 0 radical (unpaired) electrons. The number of amides is 1. The zero-order valence-corrected chi connectivity index (χ0v) is 16.8. The number of nitrogens with zero attached hydrogens (tertiary/aromatic N) is 6. The fourth-order valence-electron chi connectivity index (χ4n) is 3.89. The summed E-state index contributed by atoms with van der Waals surface area (Å²) in [5, 5.41) is 26.3. The predicted octanol–water partition coefficient (Wildman–Crippen LogP) is 3.44. The van der Waals surface area contributed by atoms with Gasteiger partial charge in [0.1, 0.15) is 5.69 Å². The van der Waals surface area contributed by atoms with Crippen LogP contribution in [0.4, 0.5) is 17.1 Å². The Balaban J connectivity index is 1.33. The van der Waals surface area contributed by atoms with Crippen molar-refractivity contribution < 1.29 is 9.72 Å². The molecular weight excluding hydrogens is 398 g/mol. The zero-order chi connectivity index (χ0) is 21.4. The highest BCUT2D eigenvalue weighted by Gasteiger charge is 2.28. The van der Waals surface area contributed by atoms with Gasteiger partial charge in [-0.3, -0.25) is 14.9 Å². The van der Waals surface area contributed by atoms with Crippen LogP contribution in [-0.4, -0.2) is 44.1 Å². The number of hydrogen-bond acceptors (Lipinski definition) is 7. The van der Waals surface area contributed by atoms with Gasteiger partial charge in [0, 0.05) is 36.0 Å². The lowest BCUT2D eigenvalue weighted by atomic mass is 10.1. The van der Waals surface area contributed by atoms with Crippen LogP contribution in [0.3, 0.4) is 0 Å². The van der Waals surface area contributed by atoms with Crippen LogP contribution >= 0.6 is 0 Å². The Labute approximate surface area is 178 Å². The molecule has 3 aromatic rings. The third-order valence-corrected chi connectivity index (χ3v) is 5.67. The smallest absolute Gasteiger partial charge is 0.293 e. The molecule has 2 aromatic carbocycles. The number of hydrogen-bond donors (Lipinski definition) is 1. The van der Waals surface area contributed by atoms with Crippen molar-refractivity contribution in [1.82, 2.24) is 20.2 Å². The van der Waals surface area contributed by atoms with Crippen molar-refractivity contribution in [1.29, 1.82) is 0 Å². The van der Waals surface area contributed by atoms with Gasteiger partial charge in [-0.1, -0.05) is 0 Å². The molecule has 5 rings (SSSR count). The first kappa shape index (κ1) is 19.2. The van der Waals surface area contributed by atoms with E-state index in [-0.39, 0.29) is 11.3 Å². The van der Waals surface area contributed by atoms with E-state index in [1.165, 1.54) is 6.07 Å². The molecule has 1 amide bonds. The number of nitro benzene ring substituents is 1. The van der Waals surface area contributed by atoms with E-state index >= 15 is 0 Å². The number of nitro groups is 1. The largest absolute Gasteiger partial charge is 0.366 e. The first-order valence-corrected chi connectivity index (χ1v) is 10.3. The molecule has 10 nitrogen and oxygen atoms in total. The number of anilines is 2. The minimum Gasteiger partial charge on any atom is -0.366 e. The lowest BCUT2D eigenvalue weighted by Crippen LogP contribution is -2.19. The summed E-state index contributed by atoms with van der Waals surface area (Å²) >= 11 is 0. The van der Waals surface area contributed by atoms with E-state index in [0.717, 1.165) is 44.3 Å². The van der Waals surface area contributed by atoms with E-state index in [1.807, 2.05) is 21.7 Å². The molecule has 0 spiro atoms. The van der Waals surface area contributed by atoms with Crippen molar-refractivity contribution in [2.24, 2.45) is 0 Å². The Morgan fingerprint density at radius 1 is 1.10 bits per heavy atom. The summed E-state index contributed by atoms with van der Waals surface area (Å²) in [5.41, 5.74) is 2.22. The van der Waals surface area contributed by atoms with Gasteiger partial charge >= 0.3 is 0 Å². The van der Waals surface area contributed by atoms with Crippen molar-refractivity contribution in [3.63, 3.8) is 0 Å². The van der Waals surface area contributed by atoms with Crippen molar-refractivity contribution in [2.45, 2.75) is 31.7 Å². The average Bonchev–Trinajstić information content (AvgIpc) is 3.26. The molecule has 0 atom stereocenters. The average molecular weight is 419 g/mol. The third-order valence-electron chi connectivity index (χ3n) is 5.67. The Morgan fingerprint density at radius 2 is 1.84 bits per heavy atom. The second-order valence-electron chi connectivity index (χ2n) is 7.86. The first-order chi connectivity index (χ1) is 15.1. The molecule has 1 N–H and O–H groups in total. The number of tetrazole rings is 1. The fraction of sp³-hybridized carbons (Fsp3) is 0.333. The van der Waals surface area contributed by atoms with E-state index < -0.39 is 10.8 Å². The molecule has 1 aliphatic heterocycles. The van der Waals surface area contributed by atoms with E-state index in [9.17, 15) is 14.9 Å². The van der Waals surface area contributed by atoms with Crippen LogP contribution in [0.15, 0.2) is 42.5 Å². The Morgan fingerprint density at radius 3 is 2.52 bits per heavy atom. The first-order valence-electron chi connectivity index (χ1n) is 10.3. The maximum Gasteiger partial charge on any atom is 0.293 e. The summed E-state index contributed by atoms with van der Waals surface area (Å²) in [6, 6.07) is 12.2. The quantitative estimate of drug-likeness (QED) is 0.480. The number of carbonyl (C=O) groups is 1. The molecule has 1 aromatic heterocycles. The van der Waals surface area contributed by atoms with Crippen LogP contribution in [0.1, 0.15) is 42.1 Å². The topological polar surface area (TPSA) is 119 Å². The summed E-state index contributed by atoms with van der Waals surface area (Å²) in [5.74, 6) is 0.306. The molecule has 1 saturated carbocycles. The summed E-state index contributed by atoms with van der Waals surface area (Å²) in [4.78, 5) is 25.8. The summed E-state index contributed by atoms with van der Waals surface area (Å²) in [6.07, 6.45) is 4.19. The van der Waals surface area contributed by atoms with E-state index in [2.05, 4.69) is 20.8 Å². The third kappa shape index (κ3) is 3.83. The van der Waals surface area contributed by atoms with Crippen LogP contribution < -0.4 is 10.2 Å². The second kappa shape index (κ2) is 7.78. The maximum absolute atomic E-state index is 12.7. The highest BCUT2D eigenvalue weighted by atomic mass is 16.6. The number of aromatic nitrogens is 4. The van der Waals surface area contributed by atoms with Crippen LogP contribution in [0, 0.1) is 10.1 Å². The number of rotatable bonds is 6. The predicted molar refractivity (Wildman–Crippen MR) is 114 cm³/mol. The Hall–Kier alpha value is -3.82. The minimum absolute atomic E-state index is 0.0446. The van der Waals surface area contributed by atoms with Gasteiger partial charge in [-0.25, -0.2) is 4.68 Å². The molecule has 2 heterocycles. The number of carbonyl (C=O) groups excluding carboxylic acids is 1. The molecule has 1 aliphatic carbocycles. The molecule has 2 fully saturated rings. The summed E-state index contributed by atoms with van der Waals surface area (Å²) in [7, 11) is 0. The minimum atomic E-state index is -0.427. The van der Waals surface area contributed by atoms with Crippen molar-refractivity contribution in [2.75, 3.05) is 23.3 Å². The molecule has 31 heavy (non-hydrogen) atoms. The highest BCUT2D eigenvalue weighted by Crippen LogP contribution is 2.36. The monoisotopic (exact) mass is 419 g/mol. The molecule has 1 saturated heterocycles. The Kier molecular flexibility index (Phi) is 4.81. The normalized spacial score (nSPS) is 15.8. The van der Waals surface area contributed by atoms with Gasteiger partial charge in [-0.2, -0.15) is 0 Å². The lowest BCUT2D eigenvalue weighted by Gasteiger charge is -2.17. The number of benzene rings is 2. The van der Waals surface area contributed by atoms with E-state index in [4.69, 9.17) is 0 Å². The standard InChI is InChI=1S/C21H21N7O3/c29-21(15-5-10-18(19(13-15)28(30)31)26-11-1-2-12-26)22-16-6-3-14(4-7-16)20-23-24-25-27(20)17-8-9-17/h3-7,10,13,17H,1-2,8-9,11-12H2,(H,22,29). The highest BCUT2D eigenvalue weighted by molar-refractivity contribution is 6.05. The molecule has 2 aliphatic rings. The zero-order valence-electron chi connectivity index (χ0n) is 16.8. The van der Waals surface area contributed by atoms with Gasteiger partial charge in [-0.05, 0) is 72.5 Å². The van der Waals surface area contributed by atoms with Crippen LogP contribution in [0.25, 0.3) is 11.4 Å². The SMILES string of the molecule is O=C(Nc1ccc(-c2nnnn2C2CC2)cc1)c1ccc(N2CCCC2)c([N+](=O)[O-])c1. The molecular formula is C21H21N7O3. The van der Waals surface area contributed by atoms with Gasteiger partial charge in [-0.15, -0.1) is 5.10 Å². The second-order valence-corrected chi connectivity index (χ2v) is 7.86. The van der Waals surface area contributed by atoms with Crippen molar-refractivity contribution >= 4 is 23.0 Å². The Bertz CT molecular complexity index is 1130. The summed E-state index contributed by atoms with van der Waals surface area (Å²) in [6.45, 7) is 1.59. The van der Waals surface area contributed by atoms with Crippen molar-refractivity contribution in [3.8, 4) is 11.4 Å². The molecule has 0 bridgehead atoms. The molecule has 158 valence electrons. The van der Waals surface area contributed by atoms with Crippen LogP contribution in [-0.2, 0) is 0 Å². The fourth-order valence-corrected chi connectivity index (χ4v) is 3.89. The van der Waals surface area contributed by atoms with E-state index in [0.29, 0.717) is 23.2 Å². The molecule has 0 unspecified atom stereocenters. The van der Waals surface area contributed by atoms with Gasteiger partial charge in [0.25, 0.3) is 11.6 Å². The van der Waals surface area contributed by atoms with Gasteiger partial charge < -0.3 is 10.2 Å². The molecule has 10 heteroatoms. The van der Waals surface area contributed by atoms with Gasteiger partial charge in [0.15, 0.2) is 5.82 Å². The van der Waals surface area contributed by atoms with Crippen LogP contribution in [0.5, 0.6) is 0 Å². The summed E-state index contributed by atoms with van der Waals surface area (Å²) < 4.78 is 1.83. The number of nitrogens with one attached hydrogen (secondary N) is 1. The maximum atomic E-state index is 12.7. The lowest BCUT2D eigenvalue weighted by molar-refractivity contribution is -0.384. The van der Waals surface area contributed by atoms with Crippen molar-refractivity contribution in [3.05, 3.63) is 58.1 Å². The van der Waals surface area contributed by atoms with Gasteiger partial charge in [0.05, 0.1) is 11.0 Å². The van der Waals surface area contributed by atoms with Gasteiger partial charge in [0.2, 0.25) is 0 Å². The van der Waals surface area contributed by atoms with E-state index in [1.54, 1.807) is 24.3 Å². The van der Waals surface area contributed by atoms with Crippen LogP contribution in [0.2, 0.25) is 0 Å².